The Balaban J connectivity index is 3.41. The zero-order chi connectivity index (χ0) is 11.9. The highest BCUT2D eigenvalue weighted by Crippen LogP contribution is 2.32. The standard InChI is InChI=1S/C12H19ClN2/c1-11(2,3)8-7-9(13)14-15-10(8)12(4,5)6/h7H,1-6H3. The molecule has 0 aliphatic rings. The first kappa shape index (κ1) is 12.4. The molecule has 0 fully saturated rings. The lowest BCUT2D eigenvalue weighted by Crippen LogP contribution is -2.24. The summed E-state index contributed by atoms with van der Waals surface area (Å²) < 4.78 is 0. The summed E-state index contributed by atoms with van der Waals surface area (Å²) in [5.74, 6) is 0. The van der Waals surface area contributed by atoms with E-state index in [9.17, 15) is 0 Å². The van der Waals surface area contributed by atoms with Crippen molar-refractivity contribution in [2.45, 2.75) is 52.4 Å². The van der Waals surface area contributed by atoms with E-state index in [1.54, 1.807) is 0 Å². The van der Waals surface area contributed by atoms with Crippen LogP contribution in [0.25, 0.3) is 0 Å². The third-order valence-corrected chi connectivity index (χ3v) is 2.47. The van der Waals surface area contributed by atoms with Crippen molar-refractivity contribution in [3.05, 3.63) is 22.5 Å². The summed E-state index contributed by atoms with van der Waals surface area (Å²) in [6.07, 6.45) is 0. The largest absolute Gasteiger partial charge is 0.153 e. The SMILES string of the molecule is CC(C)(C)c1cc(Cl)nnc1C(C)(C)C. The summed E-state index contributed by atoms with van der Waals surface area (Å²) in [5.41, 5.74) is 2.25. The maximum atomic E-state index is 5.90. The van der Waals surface area contributed by atoms with Crippen molar-refractivity contribution < 1.29 is 0 Å². The maximum Gasteiger partial charge on any atom is 0.152 e. The molecule has 0 N–H and O–H groups in total. The van der Waals surface area contributed by atoms with Crippen molar-refractivity contribution >= 4 is 11.6 Å². The van der Waals surface area contributed by atoms with Gasteiger partial charge in [0, 0.05) is 5.41 Å². The predicted molar refractivity (Wildman–Crippen MR) is 64.4 cm³/mol. The molecule has 84 valence electrons. The Hall–Kier alpha value is -0.630. The Kier molecular flexibility index (Phi) is 3.11. The zero-order valence-electron chi connectivity index (χ0n) is 10.3. The quantitative estimate of drug-likeness (QED) is 0.674. The van der Waals surface area contributed by atoms with Crippen molar-refractivity contribution in [3.63, 3.8) is 0 Å². The first-order valence-electron chi connectivity index (χ1n) is 5.16. The van der Waals surface area contributed by atoms with E-state index in [1.165, 1.54) is 5.56 Å². The Bertz CT molecular complexity index is 359. The summed E-state index contributed by atoms with van der Waals surface area (Å²) in [5, 5.41) is 8.63. The number of halogens is 1. The van der Waals surface area contributed by atoms with E-state index >= 15 is 0 Å². The van der Waals surface area contributed by atoms with Crippen LogP contribution in [0.1, 0.15) is 52.8 Å². The van der Waals surface area contributed by atoms with Gasteiger partial charge in [0.2, 0.25) is 0 Å². The second-order valence-electron chi connectivity index (χ2n) is 5.93. The molecule has 1 rings (SSSR count). The number of aromatic nitrogens is 2. The van der Waals surface area contributed by atoms with Crippen LogP contribution in [0, 0.1) is 0 Å². The van der Waals surface area contributed by atoms with Crippen molar-refractivity contribution in [2.24, 2.45) is 0 Å². The maximum absolute atomic E-state index is 5.90. The van der Waals surface area contributed by atoms with Gasteiger partial charge in [-0.2, -0.15) is 5.10 Å². The molecule has 0 bridgehead atoms. The average molecular weight is 227 g/mol. The number of rotatable bonds is 0. The monoisotopic (exact) mass is 226 g/mol. The molecule has 1 aromatic heterocycles. The molecule has 0 unspecified atom stereocenters. The fourth-order valence-corrected chi connectivity index (χ4v) is 1.64. The molecular weight excluding hydrogens is 208 g/mol. The molecule has 3 heteroatoms. The van der Waals surface area contributed by atoms with Gasteiger partial charge in [-0.05, 0) is 17.0 Å². The fraction of sp³-hybridized carbons (Fsp3) is 0.667. The molecule has 1 aromatic rings. The van der Waals surface area contributed by atoms with E-state index in [-0.39, 0.29) is 10.8 Å². The van der Waals surface area contributed by atoms with Crippen LogP contribution < -0.4 is 0 Å². The molecule has 0 spiro atoms. The Morgan fingerprint density at radius 3 is 1.87 bits per heavy atom. The summed E-state index contributed by atoms with van der Waals surface area (Å²) in [6, 6.07) is 1.93. The van der Waals surface area contributed by atoms with Gasteiger partial charge in [0.25, 0.3) is 0 Å². The van der Waals surface area contributed by atoms with Gasteiger partial charge in [0.15, 0.2) is 5.15 Å². The van der Waals surface area contributed by atoms with Gasteiger partial charge >= 0.3 is 0 Å². The summed E-state index contributed by atoms with van der Waals surface area (Å²) in [4.78, 5) is 0. The van der Waals surface area contributed by atoms with Crippen LogP contribution in [-0.2, 0) is 10.8 Å². The molecule has 0 aliphatic carbocycles. The second kappa shape index (κ2) is 3.75. The second-order valence-corrected chi connectivity index (χ2v) is 6.32. The molecule has 1 heterocycles. The van der Waals surface area contributed by atoms with E-state index in [0.29, 0.717) is 5.15 Å². The minimum atomic E-state index is 0.000201. The Labute approximate surface area is 97.1 Å². The van der Waals surface area contributed by atoms with E-state index in [4.69, 9.17) is 11.6 Å². The molecular formula is C12H19ClN2. The lowest BCUT2D eigenvalue weighted by molar-refractivity contribution is 0.505. The highest BCUT2D eigenvalue weighted by Gasteiger charge is 2.27. The van der Waals surface area contributed by atoms with E-state index in [1.807, 2.05) is 6.07 Å². The molecule has 0 saturated carbocycles. The average Bonchev–Trinajstić information content (AvgIpc) is 2.00. The molecule has 0 atom stereocenters. The van der Waals surface area contributed by atoms with Gasteiger partial charge in [0.1, 0.15) is 0 Å². The lowest BCUT2D eigenvalue weighted by atomic mass is 9.79. The summed E-state index contributed by atoms with van der Waals surface area (Å²) >= 11 is 5.90. The molecule has 0 amide bonds. The van der Waals surface area contributed by atoms with E-state index < -0.39 is 0 Å². The summed E-state index contributed by atoms with van der Waals surface area (Å²) in [7, 11) is 0. The summed E-state index contributed by atoms with van der Waals surface area (Å²) in [6.45, 7) is 12.9. The smallest absolute Gasteiger partial charge is 0.152 e. The highest BCUT2D eigenvalue weighted by atomic mass is 35.5. The number of nitrogens with zero attached hydrogens (tertiary/aromatic N) is 2. The normalized spacial score (nSPS) is 13.0. The first-order chi connectivity index (χ1) is 6.62. The van der Waals surface area contributed by atoms with E-state index in [2.05, 4.69) is 51.7 Å². The number of hydrogen-bond acceptors (Lipinski definition) is 2. The van der Waals surface area contributed by atoms with Crippen LogP contribution in [-0.4, -0.2) is 10.2 Å². The molecule has 0 aliphatic heterocycles. The Morgan fingerprint density at radius 2 is 1.47 bits per heavy atom. The molecule has 0 aromatic carbocycles. The zero-order valence-corrected chi connectivity index (χ0v) is 11.1. The molecule has 2 nitrogen and oxygen atoms in total. The van der Waals surface area contributed by atoms with Crippen LogP contribution in [0.15, 0.2) is 6.07 Å². The van der Waals surface area contributed by atoms with Crippen molar-refractivity contribution in [3.8, 4) is 0 Å². The third-order valence-electron chi connectivity index (χ3n) is 2.28. The van der Waals surface area contributed by atoms with Gasteiger partial charge in [-0.25, -0.2) is 0 Å². The van der Waals surface area contributed by atoms with Crippen molar-refractivity contribution in [2.75, 3.05) is 0 Å². The lowest BCUT2D eigenvalue weighted by Gasteiger charge is -2.27. The van der Waals surface area contributed by atoms with Crippen molar-refractivity contribution in [1.82, 2.24) is 10.2 Å². The van der Waals surface area contributed by atoms with Gasteiger partial charge < -0.3 is 0 Å². The van der Waals surface area contributed by atoms with Gasteiger partial charge in [-0.3, -0.25) is 0 Å². The Morgan fingerprint density at radius 1 is 0.933 bits per heavy atom. The van der Waals surface area contributed by atoms with Crippen LogP contribution in [0.2, 0.25) is 5.15 Å². The van der Waals surface area contributed by atoms with Crippen LogP contribution >= 0.6 is 11.6 Å². The van der Waals surface area contributed by atoms with Gasteiger partial charge in [0.05, 0.1) is 5.69 Å². The first-order valence-corrected chi connectivity index (χ1v) is 5.54. The van der Waals surface area contributed by atoms with E-state index in [0.717, 1.165) is 5.69 Å². The highest BCUT2D eigenvalue weighted by molar-refractivity contribution is 6.29. The van der Waals surface area contributed by atoms with Crippen LogP contribution in [0.4, 0.5) is 0 Å². The minimum Gasteiger partial charge on any atom is -0.153 e. The third kappa shape index (κ3) is 2.91. The van der Waals surface area contributed by atoms with Gasteiger partial charge in [-0.15, -0.1) is 5.10 Å². The molecule has 15 heavy (non-hydrogen) atoms. The predicted octanol–water partition coefficient (Wildman–Crippen LogP) is 3.73. The fourth-order valence-electron chi connectivity index (χ4n) is 1.49. The number of hydrogen-bond donors (Lipinski definition) is 0. The van der Waals surface area contributed by atoms with Crippen LogP contribution in [0.5, 0.6) is 0 Å². The molecule has 0 saturated heterocycles. The van der Waals surface area contributed by atoms with Crippen molar-refractivity contribution in [1.29, 1.82) is 0 Å². The van der Waals surface area contributed by atoms with Crippen LogP contribution in [0.3, 0.4) is 0 Å². The topological polar surface area (TPSA) is 25.8 Å². The van der Waals surface area contributed by atoms with Gasteiger partial charge in [-0.1, -0.05) is 53.1 Å². The molecule has 0 radical (unpaired) electrons. The minimum absolute atomic E-state index is 0.000201.